The second kappa shape index (κ2) is 6.49. The standard InChI is InChI=1S/C18H12ClF2N3O2/c19-12-3-1-10(2-4-12)17-22-18(26-23-17)11-5-16(25)24(9-11)15-7-13(20)6-14(21)8-15/h1-4,6-8,11H,5,9H2. The average molecular weight is 376 g/mol. The van der Waals surface area contributed by atoms with Crippen LogP contribution >= 0.6 is 11.6 Å². The molecule has 0 spiro atoms. The smallest absolute Gasteiger partial charge is 0.232 e. The van der Waals surface area contributed by atoms with Gasteiger partial charge in [-0.3, -0.25) is 4.79 Å². The van der Waals surface area contributed by atoms with E-state index in [4.69, 9.17) is 16.1 Å². The molecular formula is C18H12ClF2N3O2. The van der Waals surface area contributed by atoms with Crippen LogP contribution in [0.25, 0.3) is 11.4 Å². The van der Waals surface area contributed by atoms with Gasteiger partial charge in [0, 0.05) is 35.3 Å². The molecule has 2 heterocycles. The van der Waals surface area contributed by atoms with Crippen LogP contribution in [0.4, 0.5) is 14.5 Å². The number of carbonyl (C=O) groups excluding carboxylic acids is 1. The molecule has 1 unspecified atom stereocenters. The fraction of sp³-hybridized carbons (Fsp3) is 0.167. The quantitative estimate of drug-likeness (QED) is 0.688. The summed E-state index contributed by atoms with van der Waals surface area (Å²) < 4.78 is 32.1. The van der Waals surface area contributed by atoms with E-state index in [1.807, 2.05) is 0 Å². The van der Waals surface area contributed by atoms with E-state index < -0.39 is 11.6 Å². The van der Waals surface area contributed by atoms with Gasteiger partial charge in [-0.15, -0.1) is 0 Å². The second-order valence-corrected chi connectivity index (χ2v) is 6.43. The molecule has 0 N–H and O–H groups in total. The Morgan fingerprint density at radius 3 is 2.50 bits per heavy atom. The maximum atomic E-state index is 13.4. The Bertz CT molecular complexity index is 955. The van der Waals surface area contributed by atoms with E-state index in [-0.39, 0.29) is 30.5 Å². The topological polar surface area (TPSA) is 59.2 Å². The summed E-state index contributed by atoms with van der Waals surface area (Å²) in [5, 5.41) is 4.53. The molecule has 2 aromatic carbocycles. The number of nitrogens with zero attached hydrogens (tertiary/aromatic N) is 3. The molecule has 132 valence electrons. The molecule has 1 amide bonds. The maximum Gasteiger partial charge on any atom is 0.232 e. The summed E-state index contributed by atoms with van der Waals surface area (Å²) >= 11 is 5.86. The van der Waals surface area contributed by atoms with Crippen molar-refractivity contribution in [3.63, 3.8) is 0 Å². The number of hydrogen-bond acceptors (Lipinski definition) is 4. The van der Waals surface area contributed by atoms with Crippen LogP contribution in [-0.4, -0.2) is 22.6 Å². The van der Waals surface area contributed by atoms with Crippen molar-refractivity contribution in [3.8, 4) is 11.4 Å². The van der Waals surface area contributed by atoms with Crippen molar-refractivity contribution in [1.29, 1.82) is 0 Å². The van der Waals surface area contributed by atoms with Gasteiger partial charge in [0.2, 0.25) is 17.6 Å². The Morgan fingerprint density at radius 1 is 1.12 bits per heavy atom. The van der Waals surface area contributed by atoms with E-state index in [0.29, 0.717) is 16.7 Å². The van der Waals surface area contributed by atoms with Gasteiger partial charge >= 0.3 is 0 Å². The van der Waals surface area contributed by atoms with Gasteiger partial charge in [0.05, 0.1) is 5.92 Å². The van der Waals surface area contributed by atoms with Gasteiger partial charge in [-0.25, -0.2) is 8.78 Å². The average Bonchev–Trinajstić information content (AvgIpc) is 3.21. The Hall–Kier alpha value is -2.80. The van der Waals surface area contributed by atoms with Gasteiger partial charge in [-0.2, -0.15) is 4.98 Å². The van der Waals surface area contributed by atoms with Crippen LogP contribution in [0.15, 0.2) is 47.0 Å². The summed E-state index contributed by atoms with van der Waals surface area (Å²) in [7, 11) is 0. The SMILES string of the molecule is O=C1CC(c2nc(-c3ccc(Cl)cc3)no2)CN1c1cc(F)cc(F)c1. The zero-order chi connectivity index (χ0) is 18.3. The van der Waals surface area contributed by atoms with E-state index in [0.717, 1.165) is 23.8 Å². The number of anilines is 1. The van der Waals surface area contributed by atoms with Crippen LogP contribution in [0, 0.1) is 11.6 Å². The minimum Gasteiger partial charge on any atom is -0.339 e. The highest BCUT2D eigenvalue weighted by Crippen LogP contribution is 2.32. The Kier molecular flexibility index (Phi) is 4.16. The van der Waals surface area contributed by atoms with Crippen LogP contribution in [-0.2, 0) is 4.79 Å². The van der Waals surface area contributed by atoms with E-state index in [1.54, 1.807) is 24.3 Å². The molecule has 1 saturated heterocycles. The van der Waals surface area contributed by atoms with Crippen molar-refractivity contribution < 1.29 is 18.1 Å². The van der Waals surface area contributed by atoms with Crippen LogP contribution in [0.1, 0.15) is 18.2 Å². The van der Waals surface area contributed by atoms with Crippen LogP contribution < -0.4 is 4.90 Å². The lowest BCUT2D eigenvalue weighted by molar-refractivity contribution is -0.117. The largest absolute Gasteiger partial charge is 0.339 e. The summed E-state index contributed by atoms with van der Waals surface area (Å²) in [6, 6.07) is 9.96. The number of aromatic nitrogens is 2. The summed E-state index contributed by atoms with van der Waals surface area (Å²) in [6.07, 6.45) is 0.125. The van der Waals surface area contributed by atoms with E-state index in [2.05, 4.69) is 10.1 Å². The molecule has 1 aliphatic rings. The van der Waals surface area contributed by atoms with Gasteiger partial charge in [0.1, 0.15) is 11.6 Å². The first kappa shape index (κ1) is 16.7. The normalized spacial score (nSPS) is 17.1. The molecule has 3 aromatic rings. The molecule has 1 fully saturated rings. The van der Waals surface area contributed by atoms with Crippen molar-refractivity contribution in [2.45, 2.75) is 12.3 Å². The van der Waals surface area contributed by atoms with Gasteiger partial charge < -0.3 is 9.42 Å². The van der Waals surface area contributed by atoms with E-state index in [1.165, 1.54) is 4.90 Å². The number of carbonyl (C=O) groups is 1. The zero-order valence-corrected chi connectivity index (χ0v) is 14.1. The number of amides is 1. The number of rotatable bonds is 3. The van der Waals surface area contributed by atoms with Crippen molar-refractivity contribution in [3.05, 3.63) is 65.0 Å². The molecule has 1 atom stereocenters. The fourth-order valence-electron chi connectivity index (χ4n) is 2.93. The Labute approximate surface area is 152 Å². The fourth-order valence-corrected chi connectivity index (χ4v) is 3.06. The summed E-state index contributed by atoms with van der Waals surface area (Å²) in [4.78, 5) is 17.9. The first-order valence-corrected chi connectivity index (χ1v) is 8.23. The molecule has 1 aliphatic heterocycles. The highest BCUT2D eigenvalue weighted by atomic mass is 35.5. The molecular weight excluding hydrogens is 364 g/mol. The summed E-state index contributed by atoms with van der Waals surface area (Å²) in [5.41, 5.74) is 0.908. The van der Waals surface area contributed by atoms with Crippen LogP contribution in [0.3, 0.4) is 0 Å². The van der Waals surface area contributed by atoms with Crippen molar-refractivity contribution >= 4 is 23.2 Å². The monoisotopic (exact) mass is 375 g/mol. The lowest BCUT2D eigenvalue weighted by Gasteiger charge is -2.16. The highest BCUT2D eigenvalue weighted by Gasteiger charge is 2.35. The third-order valence-electron chi connectivity index (χ3n) is 4.18. The zero-order valence-electron chi connectivity index (χ0n) is 13.3. The van der Waals surface area contributed by atoms with Crippen LogP contribution in [0.2, 0.25) is 5.02 Å². The number of halogens is 3. The first-order valence-electron chi connectivity index (χ1n) is 7.85. The van der Waals surface area contributed by atoms with Gasteiger partial charge in [-0.05, 0) is 36.4 Å². The predicted molar refractivity (Wildman–Crippen MR) is 90.8 cm³/mol. The van der Waals surface area contributed by atoms with Gasteiger partial charge in [0.25, 0.3) is 0 Å². The van der Waals surface area contributed by atoms with Crippen molar-refractivity contribution in [1.82, 2.24) is 10.1 Å². The second-order valence-electron chi connectivity index (χ2n) is 6.00. The molecule has 0 aliphatic carbocycles. The minimum atomic E-state index is -0.737. The predicted octanol–water partition coefficient (Wildman–Crippen LogP) is 4.19. The summed E-state index contributed by atoms with van der Waals surface area (Å²) in [6.45, 7) is 0.212. The third-order valence-corrected chi connectivity index (χ3v) is 4.43. The molecule has 1 aromatic heterocycles. The minimum absolute atomic E-state index is 0.125. The molecule has 0 bridgehead atoms. The lowest BCUT2D eigenvalue weighted by Crippen LogP contribution is -2.24. The van der Waals surface area contributed by atoms with Crippen LogP contribution in [0.5, 0.6) is 0 Å². The number of hydrogen-bond donors (Lipinski definition) is 0. The third kappa shape index (κ3) is 3.17. The molecule has 5 nitrogen and oxygen atoms in total. The molecule has 8 heteroatoms. The maximum absolute atomic E-state index is 13.4. The summed E-state index contributed by atoms with van der Waals surface area (Å²) in [5.74, 6) is -1.38. The van der Waals surface area contributed by atoms with Gasteiger partial charge in [-0.1, -0.05) is 16.8 Å². The van der Waals surface area contributed by atoms with E-state index in [9.17, 15) is 13.6 Å². The number of benzene rings is 2. The van der Waals surface area contributed by atoms with Gasteiger partial charge in [0.15, 0.2) is 0 Å². The molecule has 0 radical (unpaired) electrons. The van der Waals surface area contributed by atoms with E-state index >= 15 is 0 Å². The molecule has 0 saturated carbocycles. The Morgan fingerprint density at radius 2 is 1.81 bits per heavy atom. The van der Waals surface area contributed by atoms with Crippen molar-refractivity contribution in [2.75, 3.05) is 11.4 Å². The Balaban J connectivity index is 1.56. The van der Waals surface area contributed by atoms with Crippen molar-refractivity contribution in [2.24, 2.45) is 0 Å². The molecule has 26 heavy (non-hydrogen) atoms. The highest BCUT2D eigenvalue weighted by molar-refractivity contribution is 6.30. The first-order chi connectivity index (χ1) is 12.5. The lowest BCUT2D eigenvalue weighted by atomic mass is 10.1. The molecule has 4 rings (SSSR count).